The summed E-state index contributed by atoms with van der Waals surface area (Å²) in [6.45, 7) is 0.695. The molecule has 6 heterocycles. The highest BCUT2D eigenvalue weighted by Gasteiger charge is 2.28. The molecule has 0 atom stereocenters. The van der Waals surface area contributed by atoms with Crippen molar-refractivity contribution >= 4 is 177 Å². The molecule has 0 saturated carbocycles. The maximum Gasteiger partial charge on any atom is 0.345 e. The van der Waals surface area contributed by atoms with Crippen LogP contribution in [0.4, 0.5) is 0 Å². The minimum Gasteiger partial charge on any atom is -0.461 e. The minimum absolute atomic E-state index is 0.259. The van der Waals surface area contributed by atoms with Gasteiger partial charge in [0.25, 0.3) is 0 Å². The summed E-state index contributed by atoms with van der Waals surface area (Å²) in [4.78, 5) is 26.5. The highest BCUT2D eigenvalue weighted by molar-refractivity contribution is 8.42. The van der Waals surface area contributed by atoms with Crippen LogP contribution in [-0.4, -0.2) is 36.7 Å². The van der Waals surface area contributed by atoms with Crippen molar-refractivity contribution in [3.63, 3.8) is 0 Å². The van der Waals surface area contributed by atoms with Crippen LogP contribution in [0, 0.1) is 0 Å². The van der Waals surface area contributed by atoms with E-state index in [-0.39, 0.29) is 11.9 Å². The molecule has 0 aliphatic carbocycles. The Kier molecular flexibility index (Phi) is 13.6. The van der Waals surface area contributed by atoms with E-state index in [4.69, 9.17) is 9.47 Å². The van der Waals surface area contributed by atoms with E-state index in [2.05, 4.69) is 32.4 Å². The van der Waals surface area contributed by atoms with Crippen molar-refractivity contribution in [3.05, 3.63) is 87.0 Å². The molecule has 18 heteroatoms. The number of carbonyl (C=O) groups excluding carboxylic acids is 2. The fraction of sp³-hybridized carbons (Fsp3) is 0.167. The van der Waals surface area contributed by atoms with E-state index in [0.29, 0.717) is 34.5 Å². The second kappa shape index (κ2) is 17.1. The molecule has 0 fully saturated rings. The van der Waals surface area contributed by atoms with Crippen molar-refractivity contribution in [2.75, 3.05) is 24.7 Å². The molecule has 6 aliphatic heterocycles. The number of carbonyl (C=O) groups is 2. The van der Waals surface area contributed by atoms with Gasteiger partial charge < -0.3 is 9.47 Å². The van der Waals surface area contributed by atoms with Gasteiger partial charge in [0.15, 0.2) is 0 Å². The number of rotatable bonds is 10. The summed E-state index contributed by atoms with van der Waals surface area (Å²) in [5, 5.41) is 16.2. The summed E-state index contributed by atoms with van der Waals surface area (Å²) in [5.74, 6) is 0.837. The molecule has 0 aromatic carbocycles. The van der Waals surface area contributed by atoms with Crippen molar-refractivity contribution in [2.24, 2.45) is 0 Å². The van der Waals surface area contributed by atoms with E-state index in [1.54, 1.807) is 141 Å². The average molecular weight is 817 g/mol. The van der Waals surface area contributed by atoms with E-state index in [9.17, 15) is 9.59 Å². The van der Waals surface area contributed by atoms with Gasteiger partial charge in [0, 0.05) is 11.5 Å². The van der Waals surface area contributed by atoms with E-state index in [1.807, 2.05) is 10.8 Å². The van der Waals surface area contributed by atoms with Crippen molar-refractivity contribution in [3.8, 4) is 0 Å². The van der Waals surface area contributed by atoms with Crippen LogP contribution in [0.1, 0.15) is 0 Å². The topological polar surface area (TPSA) is 52.6 Å². The standard InChI is InChI=1S/C24H16O4S14/c25-15(13-11-37-20(39-13)17-31-5-6-32-17)27-1-3-29-22-23(42-24(41-22)19-35-9-10-36-19)30-4-2-28-16(26)14-12-38-21(40-14)18-33-7-8-34-18/h5-12H,1-4H2. The highest BCUT2D eigenvalue weighted by atomic mass is 32.3. The van der Waals surface area contributed by atoms with Crippen molar-refractivity contribution in [2.45, 2.75) is 0 Å². The first kappa shape index (κ1) is 33.4. The first-order valence-electron chi connectivity index (χ1n) is 11.6. The van der Waals surface area contributed by atoms with Crippen molar-refractivity contribution in [1.82, 2.24) is 0 Å². The normalized spacial score (nSPS) is 21.5. The zero-order valence-electron chi connectivity index (χ0n) is 20.8. The second-order valence-electron chi connectivity index (χ2n) is 7.40. The summed E-state index contributed by atoms with van der Waals surface area (Å²) in [5.41, 5.74) is 0. The van der Waals surface area contributed by atoms with Gasteiger partial charge >= 0.3 is 11.9 Å². The fourth-order valence-corrected chi connectivity index (χ4v) is 19.4. The van der Waals surface area contributed by atoms with Crippen molar-refractivity contribution < 1.29 is 19.1 Å². The third kappa shape index (κ3) is 9.10. The van der Waals surface area contributed by atoms with Crippen LogP contribution in [0.15, 0.2) is 87.0 Å². The number of hydrogen-bond donors (Lipinski definition) is 0. The summed E-state index contributed by atoms with van der Waals surface area (Å²) >= 11 is 23.4. The van der Waals surface area contributed by atoms with E-state index in [0.717, 1.165) is 8.47 Å². The number of esters is 2. The Hall–Kier alpha value is 1.50. The van der Waals surface area contributed by atoms with Gasteiger partial charge in [-0.25, -0.2) is 9.59 Å². The Labute approximate surface area is 303 Å². The van der Waals surface area contributed by atoms with Crippen LogP contribution in [-0.2, 0) is 19.1 Å². The number of ether oxygens (including phenoxy) is 2. The predicted octanol–water partition coefficient (Wildman–Crippen LogP) is 12.0. The molecule has 0 aromatic heterocycles. The third-order valence-corrected chi connectivity index (χ3v) is 22.8. The van der Waals surface area contributed by atoms with Crippen LogP contribution in [0.3, 0.4) is 0 Å². The van der Waals surface area contributed by atoms with Gasteiger partial charge in [-0.1, -0.05) is 141 Å². The summed E-state index contributed by atoms with van der Waals surface area (Å²) in [6.07, 6.45) is 0. The van der Waals surface area contributed by atoms with Crippen LogP contribution in [0.5, 0.6) is 0 Å². The Morgan fingerprint density at radius 2 is 0.881 bits per heavy atom. The molecule has 0 aromatic rings. The first-order chi connectivity index (χ1) is 20.6. The molecule has 0 saturated heterocycles. The Bertz CT molecular complexity index is 1310. The molecule has 42 heavy (non-hydrogen) atoms. The second-order valence-corrected chi connectivity index (χ2v) is 23.1. The predicted molar refractivity (Wildman–Crippen MR) is 210 cm³/mol. The molecule has 0 radical (unpaired) electrons. The van der Waals surface area contributed by atoms with Crippen LogP contribution < -0.4 is 0 Å². The largest absolute Gasteiger partial charge is 0.461 e. The van der Waals surface area contributed by atoms with Crippen LogP contribution >= 0.6 is 165 Å². The molecule has 6 rings (SSSR count). The minimum atomic E-state index is -0.259. The maximum absolute atomic E-state index is 12.6. The lowest BCUT2D eigenvalue weighted by atomic mass is 10.6. The molecule has 0 spiro atoms. The molecule has 0 bridgehead atoms. The van der Waals surface area contributed by atoms with Gasteiger partial charge in [0.05, 0.1) is 33.9 Å². The molecule has 220 valence electrons. The molecule has 0 N–H and O–H groups in total. The quantitative estimate of drug-likeness (QED) is 0.155. The maximum atomic E-state index is 12.6. The molecule has 6 aliphatic rings. The van der Waals surface area contributed by atoms with Crippen molar-refractivity contribution in [1.29, 1.82) is 0 Å². The molecule has 0 amide bonds. The van der Waals surface area contributed by atoms with Gasteiger partial charge in [-0.3, -0.25) is 0 Å². The lowest BCUT2D eigenvalue weighted by molar-refractivity contribution is -0.138. The van der Waals surface area contributed by atoms with E-state index < -0.39 is 0 Å². The van der Waals surface area contributed by atoms with E-state index in [1.165, 1.54) is 48.9 Å². The molecular weight excluding hydrogens is 801 g/mol. The van der Waals surface area contributed by atoms with Crippen LogP contribution in [0.2, 0.25) is 0 Å². The number of thioether (sulfide) groups is 14. The Balaban J connectivity index is 0.956. The summed E-state index contributed by atoms with van der Waals surface area (Å²) in [6, 6.07) is 0. The molecular formula is C24H16O4S14. The first-order valence-corrected chi connectivity index (χ1v) is 23.9. The van der Waals surface area contributed by atoms with E-state index >= 15 is 0 Å². The monoisotopic (exact) mass is 816 g/mol. The summed E-state index contributed by atoms with van der Waals surface area (Å²) in [7, 11) is 0. The Morgan fingerprint density at radius 1 is 0.500 bits per heavy atom. The SMILES string of the molecule is O=C(OCCSC1=C(SCCOC(=O)C2=CSC(=C3SC=CS3)S2)SC(=C2SC=CS2)S1)C1=CSC(=C2SC=CS2)S1. The fourth-order valence-electron chi connectivity index (χ4n) is 2.99. The molecule has 0 unspecified atom stereocenters. The highest BCUT2D eigenvalue weighted by Crippen LogP contribution is 2.61. The lowest BCUT2D eigenvalue weighted by Crippen LogP contribution is -2.08. The zero-order chi connectivity index (χ0) is 28.7. The number of hydrogen-bond acceptors (Lipinski definition) is 18. The van der Waals surface area contributed by atoms with Gasteiger partial charge in [-0.2, -0.15) is 0 Å². The van der Waals surface area contributed by atoms with Gasteiger partial charge in [-0.15, -0.1) is 23.5 Å². The molecule has 4 nitrogen and oxygen atoms in total. The Morgan fingerprint density at radius 3 is 1.29 bits per heavy atom. The lowest BCUT2D eigenvalue weighted by Gasteiger charge is -2.08. The summed E-state index contributed by atoms with van der Waals surface area (Å²) < 4.78 is 20.9. The van der Waals surface area contributed by atoms with Gasteiger partial charge in [-0.05, 0) is 43.3 Å². The zero-order valence-corrected chi connectivity index (χ0v) is 32.2. The van der Waals surface area contributed by atoms with Gasteiger partial charge in [0.1, 0.15) is 23.0 Å². The smallest absolute Gasteiger partial charge is 0.345 e. The average Bonchev–Trinajstić information content (AvgIpc) is 3.85. The van der Waals surface area contributed by atoms with Gasteiger partial charge in [0.2, 0.25) is 0 Å². The van der Waals surface area contributed by atoms with Crippen LogP contribution in [0.25, 0.3) is 0 Å². The third-order valence-electron chi connectivity index (χ3n) is 4.71.